The van der Waals surface area contributed by atoms with Crippen LogP contribution in [0.25, 0.3) is 10.8 Å². The second-order valence-corrected chi connectivity index (χ2v) is 7.30. The molecule has 1 saturated carbocycles. The molecule has 0 spiro atoms. The Labute approximate surface area is 177 Å². The van der Waals surface area contributed by atoms with Crippen LogP contribution >= 0.6 is 0 Å². The number of nitrogens with zero attached hydrogens (tertiary/aromatic N) is 1. The van der Waals surface area contributed by atoms with Crippen LogP contribution in [0.15, 0.2) is 54.7 Å². The smallest absolute Gasteiger partial charge is 0.219 e. The van der Waals surface area contributed by atoms with Gasteiger partial charge in [0.05, 0.1) is 6.10 Å². The Morgan fingerprint density at radius 2 is 1.80 bits per heavy atom. The number of aliphatic hydroxyl groups is 1. The summed E-state index contributed by atoms with van der Waals surface area (Å²) in [4.78, 5) is 15.0. The normalized spacial score (nSPS) is 18.4. The molecule has 4 rings (SSSR count). The third kappa shape index (κ3) is 5.42. The van der Waals surface area contributed by atoms with Crippen molar-refractivity contribution in [1.82, 2.24) is 10.3 Å². The molecule has 6 nitrogen and oxygen atoms in total. The summed E-state index contributed by atoms with van der Waals surface area (Å²) in [5, 5.41) is 15.5. The molecule has 2 aromatic carbocycles. The molecule has 158 valence electrons. The zero-order valence-corrected chi connectivity index (χ0v) is 17.3. The van der Waals surface area contributed by atoms with Crippen LogP contribution in [-0.2, 0) is 6.54 Å². The summed E-state index contributed by atoms with van der Waals surface area (Å²) < 4.78 is 5.98. The first kappa shape index (κ1) is 21.9. The van der Waals surface area contributed by atoms with E-state index in [-0.39, 0.29) is 6.10 Å². The van der Waals surface area contributed by atoms with Crippen LogP contribution in [0, 0.1) is 0 Å². The number of hydrogen-bond donors (Lipinski definition) is 3. The quantitative estimate of drug-likeness (QED) is 0.538. The minimum Gasteiger partial charge on any atom is -0.438 e. The Kier molecular flexibility index (Phi) is 7.90. The van der Waals surface area contributed by atoms with Crippen molar-refractivity contribution in [2.24, 2.45) is 5.73 Å². The molecule has 3 aromatic rings. The minimum atomic E-state index is -0.135. The van der Waals surface area contributed by atoms with E-state index in [2.05, 4.69) is 28.2 Å². The highest BCUT2D eigenvalue weighted by molar-refractivity contribution is 5.91. The number of nitrogens with two attached hydrogens (primary N) is 1. The van der Waals surface area contributed by atoms with E-state index in [0.29, 0.717) is 17.5 Å². The summed E-state index contributed by atoms with van der Waals surface area (Å²) in [6, 6.07) is 16.1. The molecule has 0 bridgehead atoms. The number of pyridine rings is 1. The molecule has 1 aromatic heterocycles. The van der Waals surface area contributed by atoms with Gasteiger partial charge in [0.25, 0.3) is 0 Å². The lowest BCUT2D eigenvalue weighted by atomic mass is 9.93. The third-order valence-electron chi connectivity index (χ3n) is 5.36. The zero-order chi connectivity index (χ0) is 21.3. The molecule has 1 heterocycles. The summed E-state index contributed by atoms with van der Waals surface area (Å²) in [5.41, 5.74) is 6.24. The van der Waals surface area contributed by atoms with E-state index in [1.54, 1.807) is 12.1 Å². The van der Waals surface area contributed by atoms with Crippen LogP contribution in [0.2, 0.25) is 0 Å². The number of carbonyl (C=O) groups excluding carboxylic acids is 1. The monoisotopic (exact) mass is 407 g/mol. The van der Waals surface area contributed by atoms with Gasteiger partial charge in [-0.15, -0.1) is 0 Å². The molecule has 0 atom stereocenters. The molecule has 0 saturated heterocycles. The van der Waals surface area contributed by atoms with Gasteiger partial charge in [0, 0.05) is 35.8 Å². The van der Waals surface area contributed by atoms with Crippen molar-refractivity contribution >= 4 is 17.1 Å². The van der Waals surface area contributed by atoms with Crippen molar-refractivity contribution in [1.29, 1.82) is 0 Å². The number of benzene rings is 2. The topological polar surface area (TPSA) is 97.5 Å². The van der Waals surface area contributed by atoms with Crippen LogP contribution in [0.5, 0.6) is 11.6 Å². The van der Waals surface area contributed by atoms with Gasteiger partial charge in [-0.25, -0.2) is 4.98 Å². The maximum Gasteiger partial charge on any atom is 0.219 e. The van der Waals surface area contributed by atoms with Gasteiger partial charge in [-0.1, -0.05) is 30.3 Å². The lowest BCUT2D eigenvalue weighted by Crippen LogP contribution is -2.34. The summed E-state index contributed by atoms with van der Waals surface area (Å²) >= 11 is 0. The molecular formula is C24H29N3O3. The first-order valence-corrected chi connectivity index (χ1v) is 10.3. The van der Waals surface area contributed by atoms with E-state index in [4.69, 9.17) is 4.74 Å². The van der Waals surface area contributed by atoms with Crippen LogP contribution in [-0.4, -0.2) is 35.6 Å². The lowest BCUT2D eigenvalue weighted by molar-refractivity contribution is 0.112. The number of fused-ring (bicyclic) bond motifs is 1. The molecule has 0 amide bonds. The summed E-state index contributed by atoms with van der Waals surface area (Å²) in [6.45, 7) is 0.786. The second-order valence-electron chi connectivity index (χ2n) is 7.30. The fourth-order valence-electron chi connectivity index (χ4n) is 3.75. The molecule has 1 fully saturated rings. The molecule has 1 aliphatic rings. The van der Waals surface area contributed by atoms with Crippen molar-refractivity contribution in [3.8, 4) is 11.6 Å². The highest BCUT2D eigenvalue weighted by Gasteiger charge is 2.19. The predicted octanol–water partition coefficient (Wildman–Crippen LogP) is 3.81. The third-order valence-corrected chi connectivity index (χ3v) is 5.36. The molecule has 0 unspecified atom stereocenters. The predicted molar refractivity (Wildman–Crippen MR) is 119 cm³/mol. The van der Waals surface area contributed by atoms with E-state index >= 15 is 0 Å². The van der Waals surface area contributed by atoms with Gasteiger partial charge in [0.1, 0.15) is 5.75 Å². The molecule has 0 radical (unpaired) electrons. The number of carbonyl (C=O) groups is 1. The fraction of sp³-hybridized carbons (Fsp3) is 0.333. The Morgan fingerprint density at radius 3 is 2.47 bits per heavy atom. The number of aromatic nitrogens is 1. The largest absolute Gasteiger partial charge is 0.438 e. The van der Waals surface area contributed by atoms with Crippen molar-refractivity contribution < 1.29 is 14.6 Å². The average molecular weight is 408 g/mol. The molecule has 6 heteroatoms. The standard InChI is InChI=1S/C23H24N2O3.CH5N/c26-15-16-5-12-23(25-13-16)28-22-11-6-17(20-3-1-2-4-21(20)22)14-24-18-7-9-19(27)10-8-18;1-2/h1-6,11-13,15,18-19,24,27H,7-10,14H2;2H2,1H3. The Balaban J connectivity index is 0.00000124. The first-order valence-electron chi connectivity index (χ1n) is 10.3. The molecule has 0 aliphatic heterocycles. The SMILES string of the molecule is CN.O=Cc1ccc(Oc2ccc(CNC3CCC(O)CC3)c3ccccc23)nc1. The molecule has 1 aliphatic carbocycles. The maximum absolute atomic E-state index is 10.8. The Bertz CT molecular complexity index is 952. The number of ether oxygens (including phenoxy) is 1. The number of nitrogens with one attached hydrogen (secondary N) is 1. The van der Waals surface area contributed by atoms with E-state index in [9.17, 15) is 9.90 Å². The highest BCUT2D eigenvalue weighted by atomic mass is 16.5. The summed E-state index contributed by atoms with van der Waals surface area (Å²) in [7, 11) is 1.50. The van der Waals surface area contributed by atoms with Crippen molar-refractivity contribution in [2.75, 3.05) is 7.05 Å². The van der Waals surface area contributed by atoms with Crippen molar-refractivity contribution in [2.45, 2.75) is 44.4 Å². The fourth-order valence-corrected chi connectivity index (χ4v) is 3.75. The summed E-state index contributed by atoms with van der Waals surface area (Å²) in [6.07, 6.45) is 5.92. The van der Waals surface area contributed by atoms with Gasteiger partial charge in [0.15, 0.2) is 6.29 Å². The number of rotatable bonds is 6. The first-order chi connectivity index (χ1) is 14.7. The number of aldehydes is 1. The zero-order valence-electron chi connectivity index (χ0n) is 17.3. The van der Waals surface area contributed by atoms with Gasteiger partial charge in [-0.2, -0.15) is 0 Å². The van der Waals surface area contributed by atoms with Gasteiger partial charge in [-0.05, 0) is 55.8 Å². The van der Waals surface area contributed by atoms with Crippen LogP contribution < -0.4 is 15.8 Å². The van der Waals surface area contributed by atoms with Crippen molar-refractivity contribution in [3.05, 3.63) is 65.9 Å². The van der Waals surface area contributed by atoms with Crippen LogP contribution in [0.3, 0.4) is 0 Å². The van der Waals surface area contributed by atoms with E-state index < -0.39 is 0 Å². The average Bonchev–Trinajstić information content (AvgIpc) is 2.81. The number of hydrogen-bond acceptors (Lipinski definition) is 6. The van der Waals surface area contributed by atoms with Gasteiger partial charge in [-0.3, -0.25) is 4.79 Å². The van der Waals surface area contributed by atoms with Gasteiger partial charge < -0.3 is 20.9 Å². The van der Waals surface area contributed by atoms with Crippen LogP contribution in [0.1, 0.15) is 41.6 Å². The van der Waals surface area contributed by atoms with Gasteiger partial charge in [0.2, 0.25) is 5.88 Å². The summed E-state index contributed by atoms with van der Waals surface area (Å²) in [5.74, 6) is 1.20. The van der Waals surface area contributed by atoms with Crippen molar-refractivity contribution in [3.63, 3.8) is 0 Å². The van der Waals surface area contributed by atoms with E-state index in [1.807, 2.05) is 24.3 Å². The Morgan fingerprint density at radius 1 is 1.07 bits per heavy atom. The minimum absolute atomic E-state index is 0.135. The maximum atomic E-state index is 10.8. The van der Waals surface area contributed by atoms with E-state index in [0.717, 1.165) is 55.0 Å². The Hall–Kier alpha value is -2.80. The van der Waals surface area contributed by atoms with Crippen LogP contribution in [0.4, 0.5) is 0 Å². The van der Waals surface area contributed by atoms with E-state index in [1.165, 1.54) is 18.8 Å². The second kappa shape index (κ2) is 10.8. The lowest BCUT2D eigenvalue weighted by Gasteiger charge is -2.26. The molecular weight excluding hydrogens is 378 g/mol. The van der Waals surface area contributed by atoms with Gasteiger partial charge >= 0.3 is 0 Å². The highest BCUT2D eigenvalue weighted by Crippen LogP contribution is 2.31. The molecule has 30 heavy (non-hydrogen) atoms. The number of aliphatic hydroxyl groups excluding tert-OH is 1. The molecule has 4 N–H and O–H groups in total.